The van der Waals surface area contributed by atoms with Crippen molar-refractivity contribution in [2.75, 3.05) is 6.54 Å². The minimum Gasteiger partial charge on any atom is -0.489 e. The molecule has 2 heterocycles. The topological polar surface area (TPSA) is 80.5 Å². The van der Waals surface area contributed by atoms with Crippen LogP contribution in [0.5, 0.6) is 5.75 Å². The van der Waals surface area contributed by atoms with Gasteiger partial charge in [-0.1, -0.05) is 36.4 Å². The van der Waals surface area contributed by atoms with E-state index >= 15 is 0 Å². The summed E-state index contributed by atoms with van der Waals surface area (Å²) in [7, 11) is 1.85. The molecule has 1 aliphatic heterocycles. The van der Waals surface area contributed by atoms with Gasteiger partial charge in [-0.05, 0) is 86.2 Å². The van der Waals surface area contributed by atoms with E-state index in [1.807, 2.05) is 32.2 Å². The Morgan fingerprint density at radius 3 is 2.67 bits per heavy atom. The molecule has 0 saturated carbocycles. The number of hydrogen-bond donors (Lipinski definition) is 1. The zero-order chi connectivity index (χ0) is 28.8. The number of aromatic nitrogens is 3. The monoisotopic (exact) mass is 544 g/mol. The standard InChI is InChI=1S/C32H37FN4O3/c1-7-25-18-37(17-23-15-24(33)10-13-28(23)40-25)16-22-14-21(9-8-19(22)2)29(32(4,5)31(38)39)26-11-12-27-30(20(26)3)34-35-36(27)6/h8-15,25,29H,7,16-18H2,1-6H3,(H,38,39)/t25-,29?/m1/s1. The molecule has 1 N–H and O–H groups in total. The van der Waals surface area contributed by atoms with Gasteiger partial charge in [-0.3, -0.25) is 9.69 Å². The molecule has 1 aromatic heterocycles. The van der Waals surface area contributed by atoms with E-state index < -0.39 is 17.3 Å². The molecule has 4 aromatic rings. The molecule has 8 heteroatoms. The number of carbonyl (C=O) groups is 1. The number of aryl methyl sites for hydroxylation is 3. The average molecular weight is 545 g/mol. The number of fused-ring (bicyclic) bond motifs is 2. The van der Waals surface area contributed by atoms with Crippen molar-refractivity contribution in [2.45, 2.75) is 66.2 Å². The molecular formula is C32H37FN4O3. The Labute approximate surface area is 234 Å². The Balaban J connectivity index is 1.56. The normalized spacial score (nSPS) is 16.8. The highest BCUT2D eigenvalue weighted by Gasteiger charge is 2.40. The third kappa shape index (κ3) is 5.08. The summed E-state index contributed by atoms with van der Waals surface area (Å²) in [5.74, 6) is -0.822. The van der Waals surface area contributed by atoms with Gasteiger partial charge in [0.1, 0.15) is 23.2 Å². The molecule has 0 radical (unpaired) electrons. The molecule has 210 valence electrons. The van der Waals surface area contributed by atoms with E-state index in [-0.39, 0.29) is 11.9 Å². The van der Waals surface area contributed by atoms with Gasteiger partial charge in [-0.15, -0.1) is 5.10 Å². The number of carboxylic acids is 1. The molecule has 5 rings (SSSR count). The van der Waals surface area contributed by atoms with Crippen LogP contribution in [0.1, 0.15) is 66.5 Å². The molecule has 40 heavy (non-hydrogen) atoms. The fourth-order valence-electron chi connectivity index (χ4n) is 5.88. The first-order chi connectivity index (χ1) is 19.0. The summed E-state index contributed by atoms with van der Waals surface area (Å²) in [4.78, 5) is 14.9. The minimum atomic E-state index is -1.09. The minimum absolute atomic E-state index is 0.00440. The number of aliphatic carboxylic acids is 1. The zero-order valence-corrected chi connectivity index (χ0v) is 24.0. The van der Waals surface area contributed by atoms with Crippen molar-refractivity contribution in [3.05, 3.63) is 87.7 Å². The molecule has 0 bridgehead atoms. The van der Waals surface area contributed by atoms with E-state index in [1.165, 1.54) is 6.07 Å². The maximum absolute atomic E-state index is 14.1. The first-order valence-corrected chi connectivity index (χ1v) is 13.8. The van der Waals surface area contributed by atoms with E-state index in [4.69, 9.17) is 4.74 Å². The van der Waals surface area contributed by atoms with Crippen LogP contribution in [0.25, 0.3) is 11.0 Å². The summed E-state index contributed by atoms with van der Waals surface area (Å²) in [5.41, 5.74) is 6.45. The molecule has 0 fully saturated rings. The van der Waals surface area contributed by atoms with Gasteiger partial charge in [0.15, 0.2) is 0 Å². The summed E-state index contributed by atoms with van der Waals surface area (Å²) >= 11 is 0. The third-order valence-corrected chi connectivity index (χ3v) is 8.39. The van der Waals surface area contributed by atoms with Gasteiger partial charge in [0.25, 0.3) is 0 Å². The second kappa shape index (κ2) is 10.7. The number of nitrogens with zero attached hydrogens (tertiary/aromatic N) is 4. The first kappa shape index (κ1) is 27.8. The van der Waals surface area contributed by atoms with Crippen molar-refractivity contribution in [3.63, 3.8) is 0 Å². The Morgan fingerprint density at radius 2 is 1.95 bits per heavy atom. The zero-order valence-electron chi connectivity index (χ0n) is 24.0. The molecule has 1 unspecified atom stereocenters. The number of carboxylic acid groups (broad SMARTS) is 1. The molecular weight excluding hydrogens is 507 g/mol. The fourth-order valence-corrected chi connectivity index (χ4v) is 5.88. The highest BCUT2D eigenvalue weighted by Crippen LogP contribution is 2.44. The van der Waals surface area contributed by atoms with Crippen LogP contribution in [-0.2, 0) is 24.9 Å². The van der Waals surface area contributed by atoms with Gasteiger partial charge < -0.3 is 9.84 Å². The van der Waals surface area contributed by atoms with Crippen molar-refractivity contribution in [1.29, 1.82) is 0 Å². The fraction of sp³-hybridized carbons (Fsp3) is 0.406. The second-order valence-electron chi connectivity index (χ2n) is 11.6. The molecule has 0 saturated heterocycles. The summed E-state index contributed by atoms with van der Waals surface area (Å²) in [6, 6.07) is 15.0. The first-order valence-electron chi connectivity index (χ1n) is 13.8. The average Bonchev–Trinajstić information content (AvgIpc) is 3.19. The Kier molecular flexibility index (Phi) is 7.40. The van der Waals surface area contributed by atoms with Crippen LogP contribution < -0.4 is 4.74 Å². The highest BCUT2D eigenvalue weighted by molar-refractivity contribution is 5.81. The lowest BCUT2D eigenvalue weighted by molar-refractivity contribution is -0.147. The Hall–Kier alpha value is -3.78. The lowest BCUT2D eigenvalue weighted by Crippen LogP contribution is -2.33. The predicted molar refractivity (Wildman–Crippen MR) is 153 cm³/mol. The molecule has 0 amide bonds. The van der Waals surface area contributed by atoms with E-state index in [0.29, 0.717) is 19.6 Å². The smallest absolute Gasteiger partial charge is 0.310 e. The van der Waals surface area contributed by atoms with Crippen LogP contribution in [0, 0.1) is 25.1 Å². The van der Waals surface area contributed by atoms with Gasteiger partial charge in [0.05, 0.1) is 10.9 Å². The summed E-state index contributed by atoms with van der Waals surface area (Å²) in [6.07, 6.45) is 0.834. The maximum atomic E-state index is 14.1. The van der Waals surface area contributed by atoms with Crippen LogP contribution >= 0.6 is 0 Å². The van der Waals surface area contributed by atoms with Gasteiger partial charge in [-0.25, -0.2) is 9.07 Å². The molecule has 1 aliphatic rings. The van der Waals surface area contributed by atoms with E-state index in [1.54, 1.807) is 30.7 Å². The summed E-state index contributed by atoms with van der Waals surface area (Å²) in [6.45, 7) is 11.6. The van der Waals surface area contributed by atoms with Crippen molar-refractivity contribution in [1.82, 2.24) is 19.9 Å². The van der Waals surface area contributed by atoms with Crippen LogP contribution in [0.15, 0.2) is 48.5 Å². The van der Waals surface area contributed by atoms with Gasteiger partial charge in [0.2, 0.25) is 0 Å². The highest BCUT2D eigenvalue weighted by atomic mass is 19.1. The largest absolute Gasteiger partial charge is 0.489 e. The van der Waals surface area contributed by atoms with E-state index in [9.17, 15) is 14.3 Å². The maximum Gasteiger partial charge on any atom is 0.310 e. The number of ether oxygens (including phenoxy) is 1. The van der Waals surface area contributed by atoms with Gasteiger partial charge >= 0.3 is 5.97 Å². The predicted octanol–water partition coefficient (Wildman–Crippen LogP) is 6.14. The van der Waals surface area contributed by atoms with Gasteiger partial charge in [0, 0.05) is 38.2 Å². The van der Waals surface area contributed by atoms with E-state index in [0.717, 1.165) is 56.6 Å². The molecule has 0 spiro atoms. The van der Waals surface area contributed by atoms with Crippen molar-refractivity contribution in [2.24, 2.45) is 12.5 Å². The van der Waals surface area contributed by atoms with Gasteiger partial charge in [-0.2, -0.15) is 0 Å². The second-order valence-corrected chi connectivity index (χ2v) is 11.6. The van der Waals surface area contributed by atoms with Crippen molar-refractivity contribution in [3.8, 4) is 5.75 Å². The lowest BCUT2D eigenvalue weighted by atomic mass is 9.69. The van der Waals surface area contributed by atoms with Crippen molar-refractivity contribution < 1.29 is 19.0 Å². The van der Waals surface area contributed by atoms with Crippen LogP contribution in [-0.4, -0.2) is 43.6 Å². The third-order valence-electron chi connectivity index (χ3n) is 8.39. The number of hydrogen-bond acceptors (Lipinski definition) is 5. The van der Waals surface area contributed by atoms with Crippen LogP contribution in [0.4, 0.5) is 4.39 Å². The number of rotatable bonds is 7. The number of halogens is 1. The molecule has 7 nitrogen and oxygen atoms in total. The van der Waals surface area contributed by atoms with E-state index in [2.05, 4.69) is 41.2 Å². The van der Waals surface area contributed by atoms with Crippen LogP contribution in [0.2, 0.25) is 0 Å². The van der Waals surface area contributed by atoms with Crippen molar-refractivity contribution >= 4 is 17.0 Å². The Bertz CT molecular complexity index is 1580. The van der Waals surface area contributed by atoms with Crippen LogP contribution in [0.3, 0.4) is 0 Å². The number of benzene rings is 3. The SMILES string of the molecule is CC[C@@H]1CN(Cc2cc(C(c3ccc4c(nnn4C)c3C)C(C)(C)C(=O)O)ccc2C)Cc2cc(F)ccc2O1. The molecule has 0 aliphatic carbocycles. The summed E-state index contributed by atoms with van der Waals surface area (Å²) < 4.78 is 22.0. The molecule has 2 atom stereocenters. The summed E-state index contributed by atoms with van der Waals surface area (Å²) in [5, 5.41) is 18.9. The Morgan fingerprint density at radius 1 is 1.18 bits per heavy atom. The molecule has 3 aromatic carbocycles. The quantitative estimate of drug-likeness (QED) is 0.301. The lowest BCUT2D eigenvalue weighted by Gasteiger charge is -2.33.